The average molecular weight is 240 g/mol. The summed E-state index contributed by atoms with van der Waals surface area (Å²) >= 11 is 0. The van der Waals surface area contributed by atoms with Crippen molar-refractivity contribution in [3.8, 4) is 11.5 Å². The highest BCUT2D eigenvalue weighted by Crippen LogP contribution is 2.38. The summed E-state index contributed by atoms with van der Waals surface area (Å²) < 4.78 is 4.89. The van der Waals surface area contributed by atoms with Gasteiger partial charge in [-0.25, -0.2) is 0 Å². The van der Waals surface area contributed by atoms with E-state index in [1.54, 1.807) is 0 Å². The minimum Gasteiger partial charge on any atom is -0.504 e. The largest absolute Gasteiger partial charge is 0.504 e. The molecule has 0 aliphatic heterocycles. The van der Waals surface area contributed by atoms with E-state index in [1.165, 1.54) is 19.2 Å². The van der Waals surface area contributed by atoms with Crippen molar-refractivity contribution in [3.63, 3.8) is 0 Å². The van der Waals surface area contributed by atoms with Gasteiger partial charge in [-0.05, 0) is 6.42 Å². The van der Waals surface area contributed by atoms with Crippen molar-refractivity contribution < 1.29 is 14.8 Å². The predicted molar refractivity (Wildman–Crippen MR) is 63.1 cm³/mol. The summed E-state index contributed by atoms with van der Waals surface area (Å²) in [5, 5.41) is 20.6. The van der Waals surface area contributed by atoms with Crippen LogP contribution in [0.3, 0.4) is 0 Å². The molecule has 6 nitrogen and oxygen atoms in total. The number of hydrogen-bond acceptors (Lipinski definition) is 5. The van der Waals surface area contributed by atoms with Crippen molar-refractivity contribution in [2.24, 2.45) is 5.73 Å². The monoisotopic (exact) mass is 240 g/mol. The third-order valence-electron chi connectivity index (χ3n) is 2.52. The highest BCUT2D eigenvalue weighted by molar-refractivity contribution is 5.54. The molecule has 6 heteroatoms. The Kier molecular flexibility index (Phi) is 4.28. The standard InChI is InChI=1S/C11H16N2O4/c1-3-4-9(12)8-5-7(13(15)16)6-10(17-2)11(8)14/h5-6,9,14H,3-4,12H2,1-2H3/t9-/m0/s1. The molecule has 0 aromatic heterocycles. The van der Waals surface area contributed by atoms with E-state index in [-0.39, 0.29) is 17.2 Å². The molecule has 0 heterocycles. The molecule has 1 aromatic carbocycles. The maximum atomic E-state index is 10.7. The number of aromatic hydroxyl groups is 1. The third kappa shape index (κ3) is 2.85. The van der Waals surface area contributed by atoms with E-state index in [1.807, 2.05) is 6.92 Å². The molecule has 0 saturated heterocycles. The highest BCUT2D eigenvalue weighted by Gasteiger charge is 2.20. The van der Waals surface area contributed by atoms with Gasteiger partial charge < -0.3 is 15.6 Å². The SMILES string of the molecule is CCC[C@H](N)c1cc([N+](=O)[O-])cc(OC)c1O. The van der Waals surface area contributed by atoms with Gasteiger partial charge in [-0.2, -0.15) is 0 Å². The number of phenolic OH excluding ortho intramolecular Hbond substituents is 1. The topological polar surface area (TPSA) is 98.6 Å². The molecule has 0 unspecified atom stereocenters. The Bertz CT molecular complexity index is 420. The first-order valence-electron chi connectivity index (χ1n) is 5.32. The highest BCUT2D eigenvalue weighted by atomic mass is 16.6. The lowest BCUT2D eigenvalue weighted by molar-refractivity contribution is -0.385. The number of nitro benzene ring substituents is 1. The lowest BCUT2D eigenvalue weighted by Gasteiger charge is -2.14. The van der Waals surface area contributed by atoms with Crippen molar-refractivity contribution in [2.45, 2.75) is 25.8 Å². The molecule has 94 valence electrons. The fourth-order valence-electron chi connectivity index (χ4n) is 1.62. The van der Waals surface area contributed by atoms with Gasteiger partial charge in [0.05, 0.1) is 18.1 Å². The van der Waals surface area contributed by atoms with E-state index in [9.17, 15) is 15.2 Å². The Morgan fingerprint density at radius 1 is 1.59 bits per heavy atom. The minimum absolute atomic E-state index is 0.0701. The summed E-state index contributed by atoms with van der Waals surface area (Å²) in [5.41, 5.74) is 6.07. The zero-order chi connectivity index (χ0) is 13.0. The van der Waals surface area contributed by atoms with Crippen LogP contribution in [-0.2, 0) is 0 Å². The number of ether oxygens (including phenoxy) is 1. The molecule has 1 atom stereocenters. The number of nitrogens with two attached hydrogens (primary N) is 1. The molecule has 0 bridgehead atoms. The Labute approximate surface area is 99.2 Å². The van der Waals surface area contributed by atoms with Crippen molar-refractivity contribution >= 4 is 5.69 Å². The van der Waals surface area contributed by atoms with Gasteiger partial charge >= 0.3 is 0 Å². The zero-order valence-corrected chi connectivity index (χ0v) is 9.84. The van der Waals surface area contributed by atoms with E-state index in [4.69, 9.17) is 10.5 Å². The van der Waals surface area contributed by atoms with Crippen LogP contribution in [0.4, 0.5) is 5.69 Å². The molecular formula is C11H16N2O4. The molecule has 0 aliphatic carbocycles. The van der Waals surface area contributed by atoms with Gasteiger partial charge in [0.25, 0.3) is 5.69 Å². The quantitative estimate of drug-likeness (QED) is 0.606. The van der Waals surface area contributed by atoms with Crippen LogP contribution in [0.1, 0.15) is 31.4 Å². The predicted octanol–water partition coefficient (Wildman–Crippen LogP) is 2.11. The number of non-ortho nitro benzene ring substituents is 1. The second-order valence-electron chi connectivity index (χ2n) is 3.74. The number of nitrogens with zero attached hydrogens (tertiary/aromatic N) is 1. The molecule has 0 spiro atoms. The minimum atomic E-state index is -0.538. The second kappa shape index (κ2) is 5.49. The van der Waals surface area contributed by atoms with Crippen LogP contribution in [-0.4, -0.2) is 17.1 Å². The Morgan fingerprint density at radius 3 is 2.71 bits per heavy atom. The van der Waals surface area contributed by atoms with Crippen LogP contribution in [0.2, 0.25) is 0 Å². The zero-order valence-electron chi connectivity index (χ0n) is 9.84. The van der Waals surface area contributed by atoms with E-state index in [0.29, 0.717) is 12.0 Å². The van der Waals surface area contributed by atoms with Crippen LogP contribution >= 0.6 is 0 Å². The molecule has 0 fully saturated rings. The third-order valence-corrected chi connectivity index (χ3v) is 2.52. The molecule has 1 aromatic rings. The van der Waals surface area contributed by atoms with Crippen LogP contribution in [0.25, 0.3) is 0 Å². The second-order valence-corrected chi connectivity index (χ2v) is 3.74. The van der Waals surface area contributed by atoms with Gasteiger partial charge in [0.15, 0.2) is 11.5 Å². The number of phenols is 1. The van der Waals surface area contributed by atoms with Gasteiger partial charge in [-0.1, -0.05) is 13.3 Å². The van der Waals surface area contributed by atoms with Crippen LogP contribution in [0, 0.1) is 10.1 Å². The average Bonchev–Trinajstić information content (AvgIpc) is 2.29. The Hall–Kier alpha value is -1.82. The molecule has 3 N–H and O–H groups in total. The maximum Gasteiger partial charge on any atom is 0.273 e. The van der Waals surface area contributed by atoms with Crippen molar-refractivity contribution in [2.75, 3.05) is 7.11 Å². The molecule has 1 rings (SSSR count). The lowest BCUT2D eigenvalue weighted by atomic mass is 10.0. The molecular weight excluding hydrogens is 224 g/mol. The first kappa shape index (κ1) is 13.2. The van der Waals surface area contributed by atoms with E-state index in [0.717, 1.165) is 6.42 Å². The molecule has 0 aliphatic rings. The summed E-state index contributed by atoms with van der Waals surface area (Å²) in [5.74, 6) is -0.0557. The van der Waals surface area contributed by atoms with E-state index in [2.05, 4.69) is 0 Å². The molecule has 17 heavy (non-hydrogen) atoms. The smallest absolute Gasteiger partial charge is 0.273 e. The summed E-state index contributed by atoms with van der Waals surface area (Å²) in [6.07, 6.45) is 1.46. The van der Waals surface area contributed by atoms with E-state index >= 15 is 0 Å². The Balaban J connectivity index is 3.27. The maximum absolute atomic E-state index is 10.7. The summed E-state index contributed by atoms with van der Waals surface area (Å²) in [6, 6.07) is 2.03. The lowest BCUT2D eigenvalue weighted by Crippen LogP contribution is -2.10. The summed E-state index contributed by atoms with van der Waals surface area (Å²) in [4.78, 5) is 10.2. The van der Waals surface area contributed by atoms with E-state index < -0.39 is 11.0 Å². The summed E-state index contributed by atoms with van der Waals surface area (Å²) in [6.45, 7) is 1.95. The van der Waals surface area contributed by atoms with Crippen molar-refractivity contribution in [3.05, 3.63) is 27.8 Å². The van der Waals surface area contributed by atoms with Crippen molar-refractivity contribution in [1.29, 1.82) is 0 Å². The van der Waals surface area contributed by atoms with Crippen LogP contribution in [0.15, 0.2) is 12.1 Å². The fourth-order valence-corrected chi connectivity index (χ4v) is 1.62. The number of rotatable bonds is 5. The van der Waals surface area contributed by atoms with Gasteiger partial charge in [-0.15, -0.1) is 0 Å². The fraction of sp³-hybridized carbons (Fsp3) is 0.455. The van der Waals surface area contributed by atoms with Gasteiger partial charge in [-0.3, -0.25) is 10.1 Å². The summed E-state index contributed by atoms with van der Waals surface area (Å²) in [7, 11) is 1.34. The number of benzene rings is 1. The number of nitro groups is 1. The number of hydrogen-bond donors (Lipinski definition) is 2. The van der Waals surface area contributed by atoms with Crippen molar-refractivity contribution in [1.82, 2.24) is 0 Å². The molecule has 0 radical (unpaired) electrons. The number of methoxy groups -OCH3 is 1. The first-order valence-corrected chi connectivity index (χ1v) is 5.32. The van der Waals surface area contributed by atoms with Gasteiger partial charge in [0.1, 0.15) is 0 Å². The van der Waals surface area contributed by atoms with Crippen LogP contribution < -0.4 is 10.5 Å². The molecule has 0 amide bonds. The Morgan fingerprint density at radius 2 is 2.24 bits per heavy atom. The van der Waals surface area contributed by atoms with Crippen LogP contribution in [0.5, 0.6) is 11.5 Å². The molecule has 0 saturated carbocycles. The first-order chi connectivity index (χ1) is 8.01. The van der Waals surface area contributed by atoms with Gasteiger partial charge in [0.2, 0.25) is 0 Å². The normalized spacial score (nSPS) is 12.2. The van der Waals surface area contributed by atoms with Gasteiger partial charge in [0, 0.05) is 17.7 Å².